The van der Waals surface area contributed by atoms with E-state index in [1.165, 1.54) is 0 Å². The fourth-order valence-corrected chi connectivity index (χ4v) is 4.54. The molecule has 144 valence electrons. The van der Waals surface area contributed by atoms with Gasteiger partial charge in [-0.15, -0.1) is 0 Å². The fraction of sp³-hybridized carbons (Fsp3) is 0.600. The van der Waals surface area contributed by atoms with Crippen molar-refractivity contribution >= 4 is 10.0 Å². The number of hydrogen-bond acceptors (Lipinski definition) is 4. The van der Waals surface area contributed by atoms with Gasteiger partial charge in [0.2, 0.25) is 10.0 Å². The van der Waals surface area contributed by atoms with Gasteiger partial charge in [0.25, 0.3) is 0 Å². The first-order valence-corrected chi connectivity index (χ1v) is 10.9. The van der Waals surface area contributed by atoms with E-state index in [1.807, 2.05) is 0 Å². The third-order valence-corrected chi connectivity index (χ3v) is 6.32. The molecule has 1 aliphatic rings. The van der Waals surface area contributed by atoms with Crippen LogP contribution < -0.4 is 10.5 Å². The number of benzene rings is 1. The zero-order valence-electron chi connectivity index (χ0n) is 15.9. The van der Waals surface area contributed by atoms with Crippen LogP contribution in [0.5, 0.6) is 0 Å². The Morgan fingerprint density at radius 3 is 2.42 bits per heavy atom. The molecule has 1 fully saturated rings. The first-order chi connectivity index (χ1) is 12.4. The predicted molar refractivity (Wildman–Crippen MR) is 106 cm³/mol. The van der Waals surface area contributed by atoms with Gasteiger partial charge < -0.3 is 5.73 Å². The van der Waals surface area contributed by atoms with Crippen LogP contribution in [0.15, 0.2) is 29.2 Å². The molecular formula is C20H31N3O2S. The molecule has 3 N–H and O–H groups in total. The van der Waals surface area contributed by atoms with Crippen molar-refractivity contribution in [3.8, 4) is 11.8 Å². The van der Waals surface area contributed by atoms with E-state index >= 15 is 0 Å². The molecule has 0 aromatic heterocycles. The first-order valence-electron chi connectivity index (χ1n) is 9.43. The number of rotatable bonds is 7. The van der Waals surface area contributed by atoms with Gasteiger partial charge in [0.15, 0.2) is 0 Å². The molecule has 1 aromatic rings. The minimum Gasteiger partial charge on any atom is -0.326 e. The van der Waals surface area contributed by atoms with Crippen molar-refractivity contribution < 1.29 is 8.42 Å². The van der Waals surface area contributed by atoms with E-state index < -0.39 is 10.0 Å². The van der Waals surface area contributed by atoms with Crippen LogP contribution in [0.4, 0.5) is 0 Å². The molecule has 0 radical (unpaired) electrons. The van der Waals surface area contributed by atoms with Gasteiger partial charge in [-0.3, -0.25) is 4.90 Å². The lowest BCUT2D eigenvalue weighted by Gasteiger charge is -2.26. The Morgan fingerprint density at radius 1 is 1.19 bits per heavy atom. The lowest BCUT2D eigenvalue weighted by atomic mass is 9.87. The summed E-state index contributed by atoms with van der Waals surface area (Å²) in [6, 6.07) is 6.76. The average Bonchev–Trinajstić information content (AvgIpc) is 2.63. The first kappa shape index (κ1) is 20.9. The monoisotopic (exact) mass is 377 g/mol. The van der Waals surface area contributed by atoms with Crippen LogP contribution in [0.3, 0.4) is 0 Å². The van der Waals surface area contributed by atoms with Crippen molar-refractivity contribution in [1.82, 2.24) is 9.62 Å². The zero-order valence-corrected chi connectivity index (χ0v) is 16.7. The third-order valence-electron chi connectivity index (χ3n) is 4.78. The molecule has 26 heavy (non-hydrogen) atoms. The molecule has 0 atom stereocenters. The SMILES string of the molecule is CCCN(C)CC#CC1CCC(NS(=O)(=O)c2ccc(CN)cc2)CC1. The van der Waals surface area contributed by atoms with Crippen molar-refractivity contribution in [1.29, 1.82) is 0 Å². The smallest absolute Gasteiger partial charge is 0.240 e. The van der Waals surface area contributed by atoms with E-state index in [0.717, 1.165) is 50.8 Å². The van der Waals surface area contributed by atoms with Crippen LogP contribution in [-0.2, 0) is 16.6 Å². The summed E-state index contributed by atoms with van der Waals surface area (Å²) >= 11 is 0. The predicted octanol–water partition coefficient (Wildman–Crippen LogP) is 2.33. The van der Waals surface area contributed by atoms with Gasteiger partial charge in [0.05, 0.1) is 11.4 Å². The topological polar surface area (TPSA) is 75.4 Å². The van der Waals surface area contributed by atoms with Crippen LogP contribution in [-0.4, -0.2) is 39.5 Å². The van der Waals surface area contributed by atoms with Crippen molar-refractivity contribution in [2.45, 2.75) is 56.5 Å². The highest BCUT2D eigenvalue weighted by molar-refractivity contribution is 7.89. The fourth-order valence-electron chi connectivity index (χ4n) is 3.23. The second kappa shape index (κ2) is 10.1. The van der Waals surface area contributed by atoms with Crippen LogP contribution in [0.25, 0.3) is 0 Å². The zero-order chi connectivity index (χ0) is 19.0. The Kier molecular flexibility index (Phi) is 8.11. The normalized spacial score (nSPS) is 20.6. The van der Waals surface area contributed by atoms with Crippen molar-refractivity contribution in [3.05, 3.63) is 29.8 Å². The van der Waals surface area contributed by atoms with Gasteiger partial charge in [0, 0.05) is 18.5 Å². The summed E-state index contributed by atoms with van der Waals surface area (Å²) in [6.07, 6.45) is 4.71. The highest BCUT2D eigenvalue weighted by Crippen LogP contribution is 2.25. The number of sulfonamides is 1. The van der Waals surface area contributed by atoms with Crippen molar-refractivity contribution in [2.24, 2.45) is 11.7 Å². The van der Waals surface area contributed by atoms with Gasteiger partial charge in [-0.1, -0.05) is 30.9 Å². The highest BCUT2D eigenvalue weighted by Gasteiger charge is 2.25. The minimum absolute atomic E-state index is 0.00463. The molecule has 1 saturated carbocycles. The molecule has 1 aliphatic carbocycles. The van der Waals surface area contributed by atoms with E-state index in [-0.39, 0.29) is 6.04 Å². The lowest BCUT2D eigenvalue weighted by molar-refractivity contribution is 0.361. The standard InChI is InChI=1S/C20H31N3O2S/c1-3-14-23(2)15-4-5-17-6-10-19(11-7-17)22-26(24,25)20-12-8-18(16-21)9-13-20/h8-9,12-13,17,19,22H,3,6-7,10-11,14-16,21H2,1-2H3. The molecule has 0 aliphatic heterocycles. The van der Waals surface area contributed by atoms with E-state index in [0.29, 0.717) is 17.4 Å². The van der Waals surface area contributed by atoms with Gasteiger partial charge in [-0.05, 0) is 63.4 Å². The second-order valence-electron chi connectivity index (χ2n) is 7.08. The summed E-state index contributed by atoms with van der Waals surface area (Å²) in [5.41, 5.74) is 6.48. The second-order valence-corrected chi connectivity index (χ2v) is 8.79. The van der Waals surface area contributed by atoms with Crippen molar-refractivity contribution in [2.75, 3.05) is 20.1 Å². The van der Waals surface area contributed by atoms with Gasteiger partial charge in [-0.2, -0.15) is 0 Å². The van der Waals surface area contributed by atoms with E-state index in [4.69, 9.17) is 5.73 Å². The maximum absolute atomic E-state index is 12.5. The Morgan fingerprint density at radius 2 is 1.85 bits per heavy atom. The molecule has 6 heteroatoms. The van der Waals surface area contributed by atoms with Gasteiger partial charge in [-0.25, -0.2) is 13.1 Å². The number of nitrogens with one attached hydrogen (secondary N) is 1. The Balaban J connectivity index is 1.83. The molecule has 0 amide bonds. The van der Waals surface area contributed by atoms with Crippen LogP contribution in [0.2, 0.25) is 0 Å². The molecular weight excluding hydrogens is 346 g/mol. The molecule has 0 bridgehead atoms. The van der Waals surface area contributed by atoms with E-state index in [9.17, 15) is 8.42 Å². The molecule has 5 nitrogen and oxygen atoms in total. The molecule has 0 heterocycles. The van der Waals surface area contributed by atoms with E-state index in [2.05, 4.69) is 35.4 Å². The van der Waals surface area contributed by atoms with Gasteiger partial charge in [0.1, 0.15) is 0 Å². The van der Waals surface area contributed by atoms with Crippen molar-refractivity contribution in [3.63, 3.8) is 0 Å². The van der Waals surface area contributed by atoms with Crippen LogP contribution >= 0.6 is 0 Å². The summed E-state index contributed by atoms with van der Waals surface area (Å²) in [7, 11) is -1.38. The molecule has 1 aromatic carbocycles. The summed E-state index contributed by atoms with van der Waals surface area (Å²) < 4.78 is 27.9. The summed E-state index contributed by atoms with van der Waals surface area (Å²) in [5.74, 6) is 7.01. The summed E-state index contributed by atoms with van der Waals surface area (Å²) in [5, 5.41) is 0. The number of hydrogen-bond donors (Lipinski definition) is 2. The maximum Gasteiger partial charge on any atom is 0.240 e. The quantitative estimate of drug-likeness (QED) is 0.715. The molecule has 0 saturated heterocycles. The van der Waals surface area contributed by atoms with Crippen LogP contribution in [0, 0.1) is 17.8 Å². The molecule has 2 rings (SSSR count). The summed E-state index contributed by atoms with van der Waals surface area (Å²) in [4.78, 5) is 2.53. The van der Waals surface area contributed by atoms with E-state index in [1.54, 1.807) is 24.3 Å². The number of nitrogens with zero attached hydrogens (tertiary/aromatic N) is 1. The number of nitrogens with two attached hydrogens (primary N) is 1. The van der Waals surface area contributed by atoms with Gasteiger partial charge >= 0.3 is 0 Å². The Labute approximate surface area is 158 Å². The van der Waals surface area contributed by atoms with Crippen LogP contribution in [0.1, 0.15) is 44.6 Å². The highest BCUT2D eigenvalue weighted by atomic mass is 32.2. The maximum atomic E-state index is 12.5. The lowest BCUT2D eigenvalue weighted by Crippen LogP contribution is -2.37. The molecule has 0 unspecified atom stereocenters. The Bertz CT molecular complexity index is 712. The average molecular weight is 378 g/mol. The minimum atomic E-state index is -3.47. The largest absolute Gasteiger partial charge is 0.326 e. The molecule has 0 spiro atoms. The Hall–Kier alpha value is -1.39. The summed E-state index contributed by atoms with van der Waals surface area (Å²) in [6.45, 7) is 4.44. The third kappa shape index (κ3) is 6.40.